The molecule has 0 saturated carbocycles. The molecule has 0 bridgehead atoms. The predicted molar refractivity (Wildman–Crippen MR) is 116 cm³/mol. The maximum absolute atomic E-state index is 13.1. The van der Waals surface area contributed by atoms with Gasteiger partial charge in [0.15, 0.2) is 12.1 Å². The first-order valence-electron chi connectivity index (χ1n) is 9.92. The van der Waals surface area contributed by atoms with E-state index in [1.54, 1.807) is 24.3 Å². The molecule has 2 aliphatic heterocycles. The minimum atomic E-state index is -0.900. The fourth-order valence-corrected chi connectivity index (χ4v) is 3.90. The van der Waals surface area contributed by atoms with Crippen LogP contribution in [0.3, 0.4) is 0 Å². The lowest BCUT2D eigenvalue weighted by Crippen LogP contribution is -2.39. The molecule has 0 radical (unpaired) electrons. The maximum atomic E-state index is 13.1. The summed E-state index contributed by atoms with van der Waals surface area (Å²) in [4.78, 5) is 31.5. The highest BCUT2D eigenvalue weighted by Crippen LogP contribution is 2.33. The summed E-state index contributed by atoms with van der Waals surface area (Å²) in [6.45, 7) is 2.47. The van der Waals surface area contributed by atoms with Crippen LogP contribution in [0.4, 0.5) is 5.69 Å². The van der Waals surface area contributed by atoms with Crippen molar-refractivity contribution in [1.29, 1.82) is 0 Å². The van der Waals surface area contributed by atoms with Gasteiger partial charge in [0, 0.05) is 10.0 Å². The SMILES string of the molecule is CCOc1ccc(N2C(=O)[C@@H]3N=NN(Cc4nc(-c5ccc(Br)cc5)no4)[C@H]3C2=O)cc1. The minimum absolute atomic E-state index is 0.0599. The molecule has 3 heterocycles. The Kier molecular flexibility index (Phi) is 5.17. The second-order valence-electron chi connectivity index (χ2n) is 7.15. The van der Waals surface area contributed by atoms with Gasteiger partial charge in [-0.15, -0.1) is 0 Å². The summed E-state index contributed by atoms with van der Waals surface area (Å²) in [6.07, 6.45) is 0. The third kappa shape index (κ3) is 3.54. The second kappa shape index (κ2) is 8.15. The highest BCUT2D eigenvalue weighted by molar-refractivity contribution is 9.10. The van der Waals surface area contributed by atoms with Crippen molar-refractivity contribution in [2.45, 2.75) is 25.6 Å². The summed E-state index contributed by atoms with van der Waals surface area (Å²) in [6, 6.07) is 12.5. The molecule has 2 atom stereocenters. The van der Waals surface area contributed by atoms with E-state index in [1.165, 1.54) is 5.01 Å². The number of benzene rings is 2. The van der Waals surface area contributed by atoms with E-state index in [-0.39, 0.29) is 12.4 Å². The van der Waals surface area contributed by atoms with Crippen LogP contribution in [-0.2, 0) is 16.1 Å². The Labute approximate surface area is 191 Å². The third-order valence-electron chi connectivity index (χ3n) is 5.13. The zero-order chi connectivity index (χ0) is 22.2. The highest BCUT2D eigenvalue weighted by Gasteiger charge is 2.55. The molecular weight excluding hydrogens is 480 g/mol. The fraction of sp³-hybridized carbons (Fsp3) is 0.238. The molecule has 0 unspecified atom stereocenters. The van der Waals surface area contributed by atoms with E-state index in [0.717, 1.165) is 14.9 Å². The Bertz CT molecular complexity index is 1190. The number of fused-ring (bicyclic) bond motifs is 1. The van der Waals surface area contributed by atoms with Gasteiger partial charge in [-0.1, -0.05) is 26.3 Å². The molecule has 2 aromatic carbocycles. The van der Waals surface area contributed by atoms with Gasteiger partial charge in [-0.3, -0.25) is 14.6 Å². The summed E-state index contributed by atoms with van der Waals surface area (Å²) < 4.78 is 11.7. The number of ether oxygens (including phenoxy) is 1. The molecule has 3 aromatic rings. The minimum Gasteiger partial charge on any atom is -0.494 e. The number of hydrogen-bond acceptors (Lipinski definition) is 9. The van der Waals surface area contributed by atoms with Gasteiger partial charge in [-0.05, 0) is 55.5 Å². The molecule has 162 valence electrons. The Morgan fingerprint density at radius 2 is 1.81 bits per heavy atom. The lowest BCUT2D eigenvalue weighted by molar-refractivity contribution is -0.123. The molecule has 2 amide bonds. The van der Waals surface area contributed by atoms with Crippen molar-refractivity contribution in [3.05, 3.63) is 58.9 Å². The summed E-state index contributed by atoms with van der Waals surface area (Å²) in [5.41, 5.74) is 1.25. The van der Waals surface area contributed by atoms with Crippen LogP contribution >= 0.6 is 15.9 Å². The number of nitrogens with zero attached hydrogens (tertiary/aromatic N) is 6. The van der Waals surface area contributed by atoms with Gasteiger partial charge in [0.05, 0.1) is 12.3 Å². The number of rotatable bonds is 6. The Morgan fingerprint density at radius 1 is 1.06 bits per heavy atom. The maximum Gasteiger partial charge on any atom is 0.263 e. The lowest BCUT2D eigenvalue weighted by Gasteiger charge is -2.19. The number of amides is 2. The van der Waals surface area contributed by atoms with Crippen molar-refractivity contribution in [3.8, 4) is 17.1 Å². The standard InChI is InChI=1S/C21H17BrN6O4/c1-2-31-15-9-7-14(8-10-15)28-20(29)17-18(21(28)30)27(26-24-17)11-16-23-19(25-32-16)12-3-5-13(22)6-4-12/h3-10,17-18H,2,11H2,1H3/t17-,18-/m1/s1. The van der Waals surface area contributed by atoms with Crippen LogP contribution in [-0.4, -0.2) is 45.7 Å². The fourth-order valence-electron chi connectivity index (χ4n) is 3.64. The number of carbonyl (C=O) groups excluding carboxylic acids is 2. The monoisotopic (exact) mass is 496 g/mol. The zero-order valence-electron chi connectivity index (χ0n) is 16.9. The molecule has 11 heteroatoms. The highest BCUT2D eigenvalue weighted by atomic mass is 79.9. The van der Waals surface area contributed by atoms with Gasteiger partial charge >= 0.3 is 0 Å². The topological polar surface area (TPSA) is 113 Å². The van der Waals surface area contributed by atoms with Crippen molar-refractivity contribution < 1.29 is 18.8 Å². The number of anilines is 1. The Hall–Kier alpha value is -3.60. The van der Waals surface area contributed by atoms with E-state index in [4.69, 9.17) is 9.26 Å². The van der Waals surface area contributed by atoms with E-state index in [2.05, 4.69) is 36.4 Å². The van der Waals surface area contributed by atoms with E-state index in [1.807, 2.05) is 31.2 Å². The summed E-state index contributed by atoms with van der Waals surface area (Å²) >= 11 is 3.39. The smallest absolute Gasteiger partial charge is 0.263 e. The van der Waals surface area contributed by atoms with E-state index >= 15 is 0 Å². The first-order valence-corrected chi connectivity index (χ1v) is 10.7. The molecular formula is C21H17BrN6O4. The van der Waals surface area contributed by atoms with Crippen LogP contribution in [0.1, 0.15) is 12.8 Å². The van der Waals surface area contributed by atoms with E-state index in [9.17, 15) is 9.59 Å². The van der Waals surface area contributed by atoms with Gasteiger partial charge in [-0.25, -0.2) is 4.90 Å². The van der Waals surface area contributed by atoms with Gasteiger partial charge in [0.1, 0.15) is 12.3 Å². The molecule has 0 aliphatic carbocycles. The summed E-state index contributed by atoms with van der Waals surface area (Å²) in [5, 5.41) is 13.4. The second-order valence-corrected chi connectivity index (χ2v) is 8.07. The van der Waals surface area contributed by atoms with Crippen LogP contribution in [0.15, 0.2) is 67.9 Å². The van der Waals surface area contributed by atoms with E-state index in [0.29, 0.717) is 23.9 Å². The molecule has 1 fully saturated rings. The average Bonchev–Trinajstić information content (AvgIpc) is 3.48. The zero-order valence-corrected chi connectivity index (χ0v) is 18.5. The first-order chi connectivity index (χ1) is 15.5. The summed E-state index contributed by atoms with van der Waals surface area (Å²) in [5.74, 6) is 0.528. The Morgan fingerprint density at radius 3 is 2.53 bits per heavy atom. The van der Waals surface area contributed by atoms with Gasteiger partial charge < -0.3 is 9.26 Å². The third-order valence-corrected chi connectivity index (χ3v) is 5.66. The van der Waals surface area contributed by atoms with Crippen LogP contribution in [0.25, 0.3) is 11.4 Å². The van der Waals surface area contributed by atoms with Crippen LogP contribution < -0.4 is 9.64 Å². The quantitative estimate of drug-likeness (QED) is 0.480. The average molecular weight is 497 g/mol. The van der Waals surface area contributed by atoms with Crippen molar-refractivity contribution in [1.82, 2.24) is 15.1 Å². The summed E-state index contributed by atoms with van der Waals surface area (Å²) in [7, 11) is 0. The van der Waals surface area contributed by atoms with Crippen molar-refractivity contribution in [2.24, 2.45) is 10.3 Å². The van der Waals surface area contributed by atoms with Gasteiger partial charge in [-0.2, -0.15) is 10.1 Å². The molecule has 2 aliphatic rings. The van der Waals surface area contributed by atoms with Crippen LogP contribution in [0.5, 0.6) is 5.75 Å². The Balaban J connectivity index is 1.33. The number of aromatic nitrogens is 2. The van der Waals surface area contributed by atoms with Crippen molar-refractivity contribution in [3.63, 3.8) is 0 Å². The van der Waals surface area contributed by atoms with Crippen LogP contribution in [0.2, 0.25) is 0 Å². The predicted octanol–water partition coefficient (Wildman–Crippen LogP) is 3.39. The molecule has 0 spiro atoms. The van der Waals surface area contributed by atoms with Crippen molar-refractivity contribution >= 4 is 33.4 Å². The molecule has 1 saturated heterocycles. The van der Waals surface area contributed by atoms with Crippen LogP contribution in [0, 0.1) is 0 Å². The van der Waals surface area contributed by atoms with E-state index < -0.39 is 23.9 Å². The molecule has 32 heavy (non-hydrogen) atoms. The lowest BCUT2D eigenvalue weighted by atomic mass is 10.1. The van der Waals surface area contributed by atoms with Gasteiger partial charge in [0.25, 0.3) is 11.8 Å². The number of hydrogen-bond donors (Lipinski definition) is 0. The number of imide groups is 1. The molecule has 5 rings (SSSR count). The normalized spacial score (nSPS) is 19.7. The largest absolute Gasteiger partial charge is 0.494 e. The number of carbonyl (C=O) groups is 2. The molecule has 1 aromatic heterocycles. The molecule has 10 nitrogen and oxygen atoms in total. The van der Waals surface area contributed by atoms with Gasteiger partial charge in [0.2, 0.25) is 11.7 Å². The number of halogens is 1. The first kappa shape index (κ1) is 20.3. The van der Waals surface area contributed by atoms with Crippen molar-refractivity contribution in [2.75, 3.05) is 11.5 Å². The molecule has 0 N–H and O–H groups in total.